The summed E-state index contributed by atoms with van der Waals surface area (Å²) in [6, 6.07) is 3.69. The average molecular weight is 308 g/mol. The molecule has 0 unspecified atom stereocenters. The number of Topliss-reactive ketones (excluding diaryl/α,β-unsaturated/α-hetero) is 1. The van der Waals surface area contributed by atoms with Crippen LogP contribution in [0.4, 0.5) is 13.2 Å². The normalized spacial score (nSPS) is 12.4. The summed E-state index contributed by atoms with van der Waals surface area (Å²) in [5.74, 6) is -0.303. The van der Waals surface area contributed by atoms with E-state index in [0.717, 1.165) is 18.2 Å². The van der Waals surface area contributed by atoms with Crippen LogP contribution in [0.2, 0.25) is 0 Å². The van der Waals surface area contributed by atoms with Gasteiger partial charge in [-0.15, -0.1) is 0 Å². The van der Waals surface area contributed by atoms with Gasteiger partial charge in [-0.05, 0) is 38.0 Å². The molecule has 1 aromatic carbocycles. The molecule has 0 amide bonds. The Morgan fingerprint density at radius 1 is 1.20 bits per heavy atom. The predicted molar refractivity (Wildman–Crippen MR) is 68.0 cm³/mol. The van der Waals surface area contributed by atoms with E-state index < -0.39 is 21.6 Å². The molecule has 0 heterocycles. The number of hydrogen-bond donors (Lipinski definition) is 0. The van der Waals surface area contributed by atoms with Gasteiger partial charge in [0.1, 0.15) is 5.78 Å². The number of benzene rings is 1. The van der Waals surface area contributed by atoms with E-state index in [1.54, 1.807) is 0 Å². The Hall–Kier alpha value is -1.37. The summed E-state index contributed by atoms with van der Waals surface area (Å²) in [6.45, 7) is 1.40. The lowest BCUT2D eigenvalue weighted by Gasteiger charge is -2.09. The minimum absolute atomic E-state index is 0.0403. The zero-order chi connectivity index (χ0) is 15.4. The van der Waals surface area contributed by atoms with Crippen molar-refractivity contribution >= 4 is 15.6 Å². The van der Waals surface area contributed by atoms with Crippen molar-refractivity contribution < 1.29 is 26.4 Å². The fraction of sp³-hybridized carbons (Fsp3) is 0.462. The number of ketones is 1. The number of rotatable bonds is 6. The largest absolute Gasteiger partial charge is 0.416 e. The average Bonchev–Trinajstić information content (AvgIpc) is 2.34. The van der Waals surface area contributed by atoms with Crippen LogP contribution in [-0.2, 0) is 20.8 Å². The Balaban J connectivity index is 2.80. The van der Waals surface area contributed by atoms with Crippen molar-refractivity contribution in [2.75, 3.05) is 5.75 Å². The van der Waals surface area contributed by atoms with Crippen LogP contribution in [0.25, 0.3) is 0 Å². The molecular weight excluding hydrogens is 293 g/mol. The molecule has 0 bridgehead atoms. The lowest BCUT2D eigenvalue weighted by atomic mass is 10.2. The van der Waals surface area contributed by atoms with Crippen molar-refractivity contribution in [2.45, 2.75) is 37.3 Å². The zero-order valence-corrected chi connectivity index (χ0v) is 11.7. The minimum Gasteiger partial charge on any atom is -0.300 e. The van der Waals surface area contributed by atoms with Crippen molar-refractivity contribution in [3.63, 3.8) is 0 Å². The summed E-state index contributed by atoms with van der Waals surface area (Å²) in [7, 11) is -3.75. The summed E-state index contributed by atoms with van der Waals surface area (Å²) < 4.78 is 61.4. The number of halogens is 3. The van der Waals surface area contributed by atoms with Crippen LogP contribution in [0.1, 0.15) is 31.7 Å². The molecule has 0 saturated carbocycles. The Kier molecular flexibility index (Phi) is 5.33. The van der Waals surface area contributed by atoms with Crippen molar-refractivity contribution in [1.29, 1.82) is 0 Å². The molecule has 0 fully saturated rings. The molecule has 3 nitrogen and oxygen atoms in total. The first-order valence-corrected chi connectivity index (χ1v) is 7.67. The van der Waals surface area contributed by atoms with Crippen molar-refractivity contribution in [3.8, 4) is 0 Å². The van der Waals surface area contributed by atoms with E-state index >= 15 is 0 Å². The van der Waals surface area contributed by atoms with E-state index in [1.807, 2.05) is 0 Å². The maximum atomic E-state index is 12.5. The molecule has 112 valence electrons. The van der Waals surface area contributed by atoms with Gasteiger partial charge in [-0.1, -0.05) is 6.07 Å². The van der Waals surface area contributed by atoms with Gasteiger partial charge >= 0.3 is 6.18 Å². The maximum absolute atomic E-state index is 12.5. The van der Waals surface area contributed by atoms with Crippen LogP contribution in [-0.4, -0.2) is 20.0 Å². The predicted octanol–water partition coefficient (Wildman–Crippen LogP) is 3.24. The van der Waals surface area contributed by atoms with Gasteiger partial charge in [-0.3, -0.25) is 0 Å². The first kappa shape index (κ1) is 16.7. The molecule has 1 aromatic rings. The molecule has 0 N–H and O–H groups in total. The topological polar surface area (TPSA) is 51.2 Å². The number of sulfone groups is 1. The lowest BCUT2D eigenvalue weighted by Crippen LogP contribution is -2.10. The first-order valence-electron chi connectivity index (χ1n) is 6.02. The molecule has 0 aliphatic rings. The molecule has 0 spiro atoms. The van der Waals surface area contributed by atoms with Gasteiger partial charge in [-0.2, -0.15) is 13.2 Å². The van der Waals surface area contributed by atoms with Crippen LogP contribution < -0.4 is 0 Å². The highest BCUT2D eigenvalue weighted by atomic mass is 32.2. The fourth-order valence-electron chi connectivity index (χ4n) is 1.65. The second kappa shape index (κ2) is 6.39. The molecule has 0 radical (unpaired) electrons. The van der Waals surface area contributed by atoms with Gasteiger partial charge in [-0.25, -0.2) is 8.42 Å². The van der Waals surface area contributed by atoms with E-state index in [2.05, 4.69) is 0 Å². The molecule has 0 aromatic heterocycles. The van der Waals surface area contributed by atoms with E-state index in [9.17, 15) is 26.4 Å². The van der Waals surface area contributed by atoms with Gasteiger partial charge in [0.25, 0.3) is 0 Å². The Morgan fingerprint density at radius 3 is 2.40 bits per heavy atom. The molecule has 0 saturated heterocycles. The number of unbranched alkanes of at least 4 members (excludes halogenated alkanes) is 1. The molecule has 0 aliphatic carbocycles. The van der Waals surface area contributed by atoms with Gasteiger partial charge in [0.05, 0.1) is 16.2 Å². The maximum Gasteiger partial charge on any atom is 0.416 e. The van der Waals surface area contributed by atoms with Crippen LogP contribution >= 0.6 is 0 Å². The molecule has 1 rings (SSSR count). The fourth-order valence-corrected chi connectivity index (χ4v) is 3.06. The minimum atomic E-state index is -4.57. The van der Waals surface area contributed by atoms with E-state index in [4.69, 9.17) is 0 Å². The molecule has 0 aliphatic heterocycles. The van der Waals surface area contributed by atoms with Crippen LogP contribution in [0, 0.1) is 0 Å². The highest BCUT2D eigenvalue weighted by Crippen LogP contribution is 2.30. The third kappa shape index (κ3) is 4.96. The Labute approximate surface area is 115 Å². The molecular formula is C13H15F3O3S. The van der Waals surface area contributed by atoms with E-state index in [0.29, 0.717) is 12.5 Å². The SMILES string of the molecule is CC(=O)CCCCS(=O)(=O)c1cccc(C(F)(F)F)c1. The second-order valence-corrected chi connectivity index (χ2v) is 6.61. The number of carbonyl (C=O) groups excluding carboxylic acids is 1. The third-order valence-electron chi connectivity index (χ3n) is 2.71. The van der Waals surface area contributed by atoms with Gasteiger partial charge < -0.3 is 4.79 Å². The summed E-state index contributed by atoms with van der Waals surface area (Å²) >= 11 is 0. The van der Waals surface area contributed by atoms with Gasteiger partial charge in [0.15, 0.2) is 9.84 Å². The lowest BCUT2D eigenvalue weighted by molar-refractivity contribution is -0.137. The van der Waals surface area contributed by atoms with Crippen molar-refractivity contribution in [3.05, 3.63) is 29.8 Å². The van der Waals surface area contributed by atoms with Gasteiger partial charge in [0.2, 0.25) is 0 Å². The summed E-state index contributed by atoms with van der Waals surface area (Å²) in [4.78, 5) is 10.4. The van der Waals surface area contributed by atoms with Crippen LogP contribution in [0.15, 0.2) is 29.2 Å². The van der Waals surface area contributed by atoms with Crippen LogP contribution in [0.5, 0.6) is 0 Å². The van der Waals surface area contributed by atoms with Gasteiger partial charge in [0, 0.05) is 6.42 Å². The smallest absolute Gasteiger partial charge is 0.300 e. The van der Waals surface area contributed by atoms with Crippen molar-refractivity contribution in [2.24, 2.45) is 0 Å². The molecule has 0 atom stereocenters. The number of alkyl halides is 3. The monoisotopic (exact) mass is 308 g/mol. The first-order chi connectivity index (χ1) is 9.13. The number of hydrogen-bond acceptors (Lipinski definition) is 3. The quantitative estimate of drug-likeness (QED) is 0.758. The Morgan fingerprint density at radius 2 is 1.85 bits per heavy atom. The molecule has 20 heavy (non-hydrogen) atoms. The zero-order valence-electron chi connectivity index (χ0n) is 10.9. The third-order valence-corrected chi connectivity index (χ3v) is 4.51. The van der Waals surface area contributed by atoms with E-state index in [-0.39, 0.29) is 29.3 Å². The highest BCUT2D eigenvalue weighted by molar-refractivity contribution is 7.91. The standard InChI is InChI=1S/C13H15F3O3S/c1-10(17)5-2-3-8-20(18,19)12-7-4-6-11(9-12)13(14,15)16/h4,6-7,9H,2-3,5,8H2,1H3. The summed E-state index contributed by atoms with van der Waals surface area (Å²) in [6.07, 6.45) is -3.63. The van der Waals surface area contributed by atoms with Crippen LogP contribution in [0.3, 0.4) is 0 Å². The highest BCUT2D eigenvalue weighted by Gasteiger charge is 2.31. The van der Waals surface area contributed by atoms with E-state index in [1.165, 1.54) is 6.92 Å². The second-order valence-electron chi connectivity index (χ2n) is 4.50. The number of carbonyl (C=O) groups is 1. The summed E-state index contributed by atoms with van der Waals surface area (Å²) in [5.41, 5.74) is -0.984. The van der Waals surface area contributed by atoms with Crippen molar-refractivity contribution in [1.82, 2.24) is 0 Å². The summed E-state index contributed by atoms with van der Waals surface area (Å²) in [5, 5.41) is 0. The Bertz CT molecular complexity index is 577. The molecule has 7 heteroatoms.